The summed E-state index contributed by atoms with van der Waals surface area (Å²) in [5, 5.41) is 0. The lowest BCUT2D eigenvalue weighted by Gasteiger charge is -2.21. The van der Waals surface area contributed by atoms with Crippen LogP contribution in [0.25, 0.3) is 0 Å². The lowest BCUT2D eigenvalue weighted by molar-refractivity contribution is 0.0751. The van der Waals surface area contributed by atoms with E-state index >= 15 is 0 Å². The number of carbonyl (C=O) groups excluding carboxylic acids is 1. The molecule has 1 amide bonds. The lowest BCUT2D eigenvalue weighted by atomic mass is 10.1. The maximum absolute atomic E-state index is 13.4. The zero-order valence-electron chi connectivity index (χ0n) is 9.87. The molecular formula is C13H18FNO. The number of carbonyl (C=O) groups is 1. The van der Waals surface area contributed by atoms with Gasteiger partial charge in [0, 0.05) is 13.1 Å². The fraction of sp³-hybridized carbons (Fsp3) is 0.462. The van der Waals surface area contributed by atoms with Gasteiger partial charge in [-0.05, 0) is 25.0 Å². The molecule has 0 spiro atoms. The molecule has 0 saturated carbocycles. The van der Waals surface area contributed by atoms with Gasteiger partial charge < -0.3 is 4.90 Å². The number of nitrogens with zero attached hydrogens (tertiary/aromatic N) is 1. The number of hydrogen-bond acceptors (Lipinski definition) is 1. The Morgan fingerprint density at radius 2 is 1.75 bits per heavy atom. The molecule has 0 radical (unpaired) electrons. The van der Waals surface area contributed by atoms with Crippen LogP contribution in [0.2, 0.25) is 0 Å². The van der Waals surface area contributed by atoms with Crippen LogP contribution in [0, 0.1) is 5.82 Å². The quantitative estimate of drug-likeness (QED) is 0.751. The van der Waals surface area contributed by atoms with Crippen LogP contribution >= 0.6 is 0 Å². The summed E-state index contributed by atoms with van der Waals surface area (Å²) >= 11 is 0. The first-order chi connectivity index (χ1) is 7.70. The molecule has 1 aromatic rings. The Hall–Kier alpha value is -1.38. The smallest absolute Gasteiger partial charge is 0.256 e. The van der Waals surface area contributed by atoms with Crippen molar-refractivity contribution in [1.29, 1.82) is 0 Å². The maximum atomic E-state index is 13.4. The average molecular weight is 223 g/mol. The van der Waals surface area contributed by atoms with Crippen LogP contribution in [0.5, 0.6) is 0 Å². The van der Waals surface area contributed by atoms with E-state index < -0.39 is 5.82 Å². The summed E-state index contributed by atoms with van der Waals surface area (Å²) in [6.45, 7) is 5.39. The number of halogens is 1. The van der Waals surface area contributed by atoms with Gasteiger partial charge in [0.05, 0.1) is 5.56 Å². The first-order valence-electron chi connectivity index (χ1n) is 5.74. The first kappa shape index (κ1) is 12.7. The second kappa shape index (κ2) is 6.26. The summed E-state index contributed by atoms with van der Waals surface area (Å²) in [4.78, 5) is 13.7. The minimum atomic E-state index is -0.440. The van der Waals surface area contributed by atoms with Crippen molar-refractivity contribution in [2.24, 2.45) is 0 Å². The lowest BCUT2D eigenvalue weighted by Crippen LogP contribution is -2.33. The van der Waals surface area contributed by atoms with E-state index in [0.29, 0.717) is 13.1 Å². The average Bonchev–Trinajstić information content (AvgIpc) is 2.28. The number of benzene rings is 1. The third-order valence-electron chi connectivity index (χ3n) is 2.38. The van der Waals surface area contributed by atoms with E-state index in [1.54, 1.807) is 17.0 Å². The number of amides is 1. The largest absolute Gasteiger partial charge is 0.339 e. The van der Waals surface area contributed by atoms with Crippen molar-refractivity contribution in [3.63, 3.8) is 0 Å². The molecule has 0 unspecified atom stereocenters. The standard InChI is InChI=1S/C13H18FNO/c1-3-9-15(10-4-2)13(16)11-7-5-6-8-12(11)14/h5-8H,3-4,9-10H2,1-2H3. The molecule has 0 saturated heterocycles. The van der Waals surface area contributed by atoms with Gasteiger partial charge in [0.1, 0.15) is 5.82 Å². The molecule has 16 heavy (non-hydrogen) atoms. The zero-order valence-corrected chi connectivity index (χ0v) is 9.87. The highest BCUT2D eigenvalue weighted by molar-refractivity contribution is 5.94. The molecule has 0 N–H and O–H groups in total. The molecule has 2 nitrogen and oxygen atoms in total. The molecule has 0 aliphatic heterocycles. The van der Waals surface area contributed by atoms with Crippen LogP contribution in [0.3, 0.4) is 0 Å². The third kappa shape index (κ3) is 3.05. The Morgan fingerprint density at radius 3 is 2.25 bits per heavy atom. The molecule has 0 bridgehead atoms. The van der Waals surface area contributed by atoms with Crippen molar-refractivity contribution in [3.05, 3.63) is 35.6 Å². The molecule has 1 rings (SSSR count). The third-order valence-corrected chi connectivity index (χ3v) is 2.38. The molecule has 0 aliphatic carbocycles. The van der Waals surface area contributed by atoms with Crippen LogP contribution in [0.15, 0.2) is 24.3 Å². The monoisotopic (exact) mass is 223 g/mol. The van der Waals surface area contributed by atoms with E-state index in [-0.39, 0.29) is 11.5 Å². The van der Waals surface area contributed by atoms with Crippen LogP contribution in [0.1, 0.15) is 37.0 Å². The Labute approximate surface area is 96.1 Å². The Morgan fingerprint density at radius 1 is 1.19 bits per heavy atom. The van der Waals surface area contributed by atoms with Gasteiger partial charge in [-0.15, -0.1) is 0 Å². The second-order valence-electron chi connectivity index (χ2n) is 3.77. The van der Waals surface area contributed by atoms with Gasteiger partial charge in [-0.1, -0.05) is 26.0 Å². The van der Waals surface area contributed by atoms with Gasteiger partial charge in [0.2, 0.25) is 0 Å². The van der Waals surface area contributed by atoms with Gasteiger partial charge in [-0.3, -0.25) is 4.79 Å². The van der Waals surface area contributed by atoms with Crippen LogP contribution < -0.4 is 0 Å². The van der Waals surface area contributed by atoms with Gasteiger partial charge in [0.15, 0.2) is 0 Å². The fourth-order valence-corrected chi connectivity index (χ4v) is 1.66. The van der Waals surface area contributed by atoms with E-state index in [1.807, 2.05) is 13.8 Å². The van der Waals surface area contributed by atoms with Crippen molar-refractivity contribution < 1.29 is 9.18 Å². The molecule has 3 heteroatoms. The molecule has 0 aliphatic rings. The van der Waals surface area contributed by atoms with E-state index in [2.05, 4.69) is 0 Å². The second-order valence-corrected chi connectivity index (χ2v) is 3.77. The van der Waals surface area contributed by atoms with E-state index in [4.69, 9.17) is 0 Å². The summed E-state index contributed by atoms with van der Waals surface area (Å²) in [5.74, 6) is -0.647. The van der Waals surface area contributed by atoms with E-state index in [9.17, 15) is 9.18 Å². The normalized spacial score (nSPS) is 10.2. The van der Waals surface area contributed by atoms with Gasteiger partial charge in [0.25, 0.3) is 5.91 Å². The highest BCUT2D eigenvalue weighted by atomic mass is 19.1. The summed E-state index contributed by atoms with van der Waals surface area (Å²) in [7, 11) is 0. The maximum Gasteiger partial charge on any atom is 0.256 e. The van der Waals surface area contributed by atoms with Gasteiger partial charge in [-0.25, -0.2) is 4.39 Å². The van der Waals surface area contributed by atoms with Crippen LogP contribution in [-0.4, -0.2) is 23.9 Å². The van der Waals surface area contributed by atoms with Crippen LogP contribution in [0.4, 0.5) is 4.39 Å². The van der Waals surface area contributed by atoms with Crippen molar-refractivity contribution in [3.8, 4) is 0 Å². The highest BCUT2D eigenvalue weighted by Gasteiger charge is 2.17. The predicted molar refractivity (Wildman–Crippen MR) is 62.9 cm³/mol. The topological polar surface area (TPSA) is 20.3 Å². The van der Waals surface area contributed by atoms with Crippen molar-refractivity contribution in [2.75, 3.05) is 13.1 Å². The summed E-state index contributed by atoms with van der Waals surface area (Å²) < 4.78 is 13.4. The van der Waals surface area contributed by atoms with Crippen molar-refractivity contribution in [1.82, 2.24) is 4.90 Å². The molecule has 1 aromatic carbocycles. The van der Waals surface area contributed by atoms with Crippen LogP contribution in [-0.2, 0) is 0 Å². The van der Waals surface area contributed by atoms with Crippen molar-refractivity contribution >= 4 is 5.91 Å². The van der Waals surface area contributed by atoms with E-state index in [1.165, 1.54) is 12.1 Å². The zero-order chi connectivity index (χ0) is 12.0. The summed E-state index contributed by atoms with van der Waals surface area (Å²) in [6.07, 6.45) is 1.78. The Bertz CT molecular complexity index is 346. The fourth-order valence-electron chi connectivity index (χ4n) is 1.66. The minimum absolute atomic E-state index is 0.171. The van der Waals surface area contributed by atoms with Gasteiger partial charge in [-0.2, -0.15) is 0 Å². The number of rotatable bonds is 5. The molecule has 0 heterocycles. The van der Waals surface area contributed by atoms with Gasteiger partial charge >= 0.3 is 0 Å². The molecule has 88 valence electrons. The van der Waals surface area contributed by atoms with Crippen molar-refractivity contribution in [2.45, 2.75) is 26.7 Å². The number of hydrogen-bond donors (Lipinski definition) is 0. The predicted octanol–water partition coefficient (Wildman–Crippen LogP) is 3.09. The molecule has 0 aromatic heterocycles. The Kier molecular flexibility index (Phi) is 4.96. The molecule has 0 fully saturated rings. The molecular weight excluding hydrogens is 205 g/mol. The summed E-state index contributed by atoms with van der Waals surface area (Å²) in [5.41, 5.74) is 0.171. The SMILES string of the molecule is CCCN(CCC)C(=O)c1ccccc1F. The first-order valence-corrected chi connectivity index (χ1v) is 5.74. The minimum Gasteiger partial charge on any atom is -0.339 e. The summed E-state index contributed by atoms with van der Waals surface area (Å²) in [6, 6.07) is 6.14. The molecule has 0 atom stereocenters. The van der Waals surface area contributed by atoms with E-state index in [0.717, 1.165) is 12.8 Å². The Balaban J connectivity index is 2.85. The highest BCUT2D eigenvalue weighted by Crippen LogP contribution is 2.10.